The normalized spacial score (nSPS) is 20.8. The number of urea groups is 1. The number of nitriles is 1. The maximum absolute atomic E-state index is 13.3. The van der Waals surface area contributed by atoms with E-state index in [1.54, 1.807) is 12.0 Å². The number of aryl methyl sites for hydroxylation is 1. The van der Waals surface area contributed by atoms with Crippen LogP contribution in [0.2, 0.25) is 0 Å². The molecule has 0 spiro atoms. The van der Waals surface area contributed by atoms with Crippen LogP contribution in [0, 0.1) is 11.3 Å². The highest BCUT2D eigenvalue weighted by molar-refractivity contribution is 6.01. The molecule has 0 radical (unpaired) electrons. The summed E-state index contributed by atoms with van der Waals surface area (Å²) in [7, 11) is 1.56. The van der Waals surface area contributed by atoms with Crippen molar-refractivity contribution in [2.45, 2.75) is 31.6 Å². The van der Waals surface area contributed by atoms with Crippen LogP contribution < -0.4 is 15.0 Å². The summed E-state index contributed by atoms with van der Waals surface area (Å²) in [5, 5.41) is 12.2. The molecule has 0 saturated carbocycles. The number of anilines is 2. The molecule has 39 heavy (non-hydrogen) atoms. The third-order valence-corrected chi connectivity index (χ3v) is 6.86. The number of hydrogen-bond donors (Lipinski definition) is 1. The molecule has 2 saturated heterocycles. The molecular weight excluding hydrogens is 508 g/mol. The van der Waals surface area contributed by atoms with E-state index < -0.39 is 12.1 Å². The largest absolute Gasteiger partial charge is 0.484 e. The Morgan fingerprint density at radius 3 is 2.90 bits per heavy atom. The molecule has 5 rings (SSSR count). The van der Waals surface area contributed by atoms with Crippen LogP contribution in [0.4, 0.5) is 16.4 Å². The maximum atomic E-state index is 13.3. The molecule has 0 aromatic carbocycles. The first-order valence-corrected chi connectivity index (χ1v) is 12.6. The number of fused-ring (bicyclic) bond motifs is 1. The number of carbonyl (C=O) groups excluding carboxylic acids is 3. The average molecular weight is 537 g/mol. The number of aromatic nitrogens is 2. The lowest BCUT2D eigenvalue weighted by molar-refractivity contribution is -0.143. The van der Waals surface area contributed by atoms with E-state index in [9.17, 15) is 19.6 Å². The van der Waals surface area contributed by atoms with Crippen molar-refractivity contribution < 1.29 is 33.3 Å². The second kappa shape index (κ2) is 11.7. The van der Waals surface area contributed by atoms with Crippen LogP contribution in [-0.4, -0.2) is 91.9 Å². The van der Waals surface area contributed by atoms with E-state index in [0.717, 1.165) is 5.56 Å². The van der Waals surface area contributed by atoms with Gasteiger partial charge in [0.05, 0.1) is 26.0 Å². The van der Waals surface area contributed by atoms with Crippen LogP contribution in [0.5, 0.6) is 5.75 Å². The minimum absolute atomic E-state index is 0.0142. The number of carbonyl (C=O) groups is 3. The fourth-order valence-electron chi connectivity index (χ4n) is 4.78. The number of methoxy groups -OCH3 is 1. The molecule has 5 heterocycles. The van der Waals surface area contributed by atoms with Gasteiger partial charge in [-0.05, 0) is 24.5 Å². The van der Waals surface area contributed by atoms with Crippen molar-refractivity contribution in [3.8, 4) is 11.8 Å². The fourth-order valence-corrected chi connectivity index (χ4v) is 4.78. The number of morpholine rings is 1. The van der Waals surface area contributed by atoms with E-state index in [-0.39, 0.29) is 48.0 Å². The van der Waals surface area contributed by atoms with Gasteiger partial charge in [0.15, 0.2) is 12.4 Å². The number of aldehydes is 1. The van der Waals surface area contributed by atoms with Gasteiger partial charge in [-0.25, -0.2) is 14.8 Å². The Morgan fingerprint density at radius 2 is 2.13 bits per heavy atom. The highest BCUT2D eigenvalue weighted by Gasteiger charge is 2.31. The van der Waals surface area contributed by atoms with E-state index in [1.165, 1.54) is 17.2 Å². The molecular formula is C26H28N6O7. The second-order valence-corrected chi connectivity index (χ2v) is 9.33. The first kappa shape index (κ1) is 26.5. The zero-order chi connectivity index (χ0) is 27.4. The summed E-state index contributed by atoms with van der Waals surface area (Å²) >= 11 is 0. The summed E-state index contributed by atoms with van der Waals surface area (Å²) in [5.41, 5.74) is 1.82. The minimum atomic E-state index is -0.487. The van der Waals surface area contributed by atoms with Gasteiger partial charge in [-0.1, -0.05) is 0 Å². The average Bonchev–Trinajstić information content (AvgIpc) is 3.40. The van der Waals surface area contributed by atoms with Crippen LogP contribution >= 0.6 is 0 Å². The van der Waals surface area contributed by atoms with E-state index in [2.05, 4.69) is 15.3 Å². The molecule has 0 aliphatic carbocycles. The van der Waals surface area contributed by atoms with Gasteiger partial charge in [-0.15, -0.1) is 0 Å². The van der Waals surface area contributed by atoms with E-state index in [0.29, 0.717) is 63.4 Å². The number of nitrogens with one attached hydrogen (secondary N) is 1. The Balaban J connectivity index is 1.35. The Morgan fingerprint density at radius 1 is 1.28 bits per heavy atom. The quantitative estimate of drug-likeness (QED) is 0.512. The van der Waals surface area contributed by atoms with Crippen LogP contribution in [0.25, 0.3) is 0 Å². The van der Waals surface area contributed by atoms with Gasteiger partial charge in [0, 0.05) is 38.4 Å². The monoisotopic (exact) mass is 536 g/mol. The van der Waals surface area contributed by atoms with E-state index in [1.807, 2.05) is 12.1 Å². The van der Waals surface area contributed by atoms with Crippen LogP contribution in [0.1, 0.15) is 33.6 Å². The molecule has 204 valence electrons. The molecule has 0 unspecified atom stereocenters. The van der Waals surface area contributed by atoms with Gasteiger partial charge in [-0.3, -0.25) is 19.8 Å². The minimum Gasteiger partial charge on any atom is -0.484 e. The highest BCUT2D eigenvalue weighted by atomic mass is 16.6. The van der Waals surface area contributed by atoms with Gasteiger partial charge in [0.2, 0.25) is 5.91 Å². The molecule has 2 atom stereocenters. The fraction of sp³-hybridized carbons (Fsp3) is 0.462. The smallest absolute Gasteiger partial charge is 0.328 e. The number of pyridine rings is 2. The van der Waals surface area contributed by atoms with Crippen LogP contribution in [-0.2, 0) is 32.0 Å². The third-order valence-electron chi connectivity index (χ3n) is 6.86. The Bertz CT molecular complexity index is 1310. The summed E-state index contributed by atoms with van der Waals surface area (Å²) in [4.78, 5) is 49.2. The molecule has 2 aromatic rings. The van der Waals surface area contributed by atoms with Gasteiger partial charge < -0.3 is 23.8 Å². The van der Waals surface area contributed by atoms with Gasteiger partial charge in [0.25, 0.3) is 0 Å². The number of rotatable bonds is 7. The predicted octanol–water partition coefficient (Wildman–Crippen LogP) is 1.30. The molecule has 2 fully saturated rings. The van der Waals surface area contributed by atoms with Crippen molar-refractivity contribution in [1.82, 2.24) is 14.9 Å². The molecule has 13 heteroatoms. The summed E-state index contributed by atoms with van der Waals surface area (Å²) in [6.45, 7) is 2.21. The summed E-state index contributed by atoms with van der Waals surface area (Å²) in [6, 6.07) is 4.88. The molecule has 1 N–H and O–H groups in total. The Labute approximate surface area is 224 Å². The Kier molecular flexibility index (Phi) is 7.97. The van der Waals surface area contributed by atoms with Crippen LogP contribution in [0.15, 0.2) is 18.3 Å². The number of amides is 3. The molecule has 2 aromatic heterocycles. The molecule has 3 aliphatic rings. The number of nitrogens with zero attached hydrogens (tertiary/aromatic N) is 5. The second-order valence-electron chi connectivity index (χ2n) is 9.33. The van der Waals surface area contributed by atoms with E-state index in [4.69, 9.17) is 18.9 Å². The Hall–Kier alpha value is -4.12. The highest BCUT2D eigenvalue weighted by Crippen LogP contribution is 2.29. The lowest BCUT2D eigenvalue weighted by atomic mass is 10.0. The first-order valence-electron chi connectivity index (χ1n) is 12.6. The van der Waals surface area contributed by atoms with Crippen molar-refractivity contribution in [3.63, 3.8) is 0 Å². The van der Waals surface area contributed by atoms with Gasteiger partial charge >= 0.3 is 6.03 Å². The third kappa shape index (κ3) is 5.68. The summed E-state index contributed by atoms with van der Waals surface area (Å²) in [5.74, 6) is 0.678. The molecule has 3 aliphatic heterocycles. The lowest BCUT2D eigenvalue weighted by Gasteiger charge is -2.30. The molecule has 0 bridgehead atoms. The first-order chi connectivity index (χ1) is 19.0. The van der Waals surface area contributed by atoms with Crippen molar-refractivity contribution in [1.29, 1.82) is 5.26 Å². The molecule has 3 amide bonds. The maximum Gasteiger partial charge on any atom is 0.328 e. The zero-order valence-corrected chi connectivity index (χ0v) is 21.4. The topological polar surface area (TPSA) is 156 Å². The van der Waals surface area contributed by atoms with Gasteiger partial charge in [-0.2, -0.15) is 5.26 Å². The lowest BCUT2D eigenvalue weighted by Crippen LogP contribution is -2.42. The predicted molar refractivity (Wildman–Crippen MR) is 136 cm³/mol. The van der Waals surface area contributed by atoms with Crippen molar-refractivity contribution in [2.24, 2.45) is 0 Å². The number of hydrogen-bond acceptors (Lipinski definition) is 10. The van der Waals surface area contributed by atoms with Gasteiger partial charge in [0.1, 0.15) is 47.4 Å². The van der Waals surface area contributed by atoms with Crippen molar-refractivity contribution in [2.75, 3.05) is 56.8 Å². The summed E-state index contributed by atoms with van der Waals surface area (Å²) in [6.07, 6.45) is 2.64. The van der Waals surface area contributed by atoms with E-state index >= 15 is 0 Å². The SMILES string of the molecule is CO[C@@H]1COC[C@H]1Oc1cc(NC(=O)N2CCCc3cc(CN4CCOCC4=O)c(C=O)nc32)ncc1C#N. The zero-order valence-electron chi connectivity index (χ0n) is 21.4. The summed E-state index contributed by atoms with van der Waals surface area (Å²) < 4.78 is 21.9. The van der Waals surface area contributed by atoms with Crippen LogP contribution in [0.3, 0.4) is 0 Å². The molecule has 13 nitrogen and oxygen atoms in total. The number of ether oxygens (including phenoxy) is 4. The standard InChI is InChI=1S/C26H28N6O7/c1-36-21-13-38-14-22(21)39-20-8-23(28-10-18(20)9-27)30-26(35)32-4-2-3-16-7-17(19(12-33)29-25(16)32)11-31-5-6-37-15-24(31)34/h7-8,10,12,21-22H,2-6,11,13-15H2,1H3,(H,28,30,35)/t21-,22-/m1/s1. The van der Waals surface area contributed by atoms with Crippen molar-refractivity contribution in [3.05, 3.63) is 40.7 Å². The van der Waals surface area contributed by atoms with Crippen molar-refractivity contribution >= 4 is 29.9 Å².